The Hall–Kier alpha value is -0.0400. The highest BCUT2D eigenvalue weighted by molar-refractivity contribution is 4.66. The first kappa shape index (κ1) is 17.0. The lowest BCUT2D eigenvalue weighted by Gasteiger charge is -2.25. The molecular weight excluding hydrogens is 208 g/mol. The van der Waals surface area contributed by atoms with E-state index >= 15 is 0 Å². The van der Waals surface area contributed by atoms with Crippen LogP contribution in [-0.4, -0.2) is 12.7 Å². The monoisotopic (exact) mass is 242 g/mol. The molecule has 0 fully saturated rings. The SMILES string of the molecule is CCCCC(CC)COC(CCC)C(C)CC. The van der Waals surface area contributed by atoms with E-state index < -0.39 is 0 Å². The van der Waals surface area contributed by atoms with Crippen molar-refractivity contribution < 1.29 is 4.74 Å². The van der Waals surface area contributed by atoms with Crippen molar-refractivity contribution >= 4 is 0 Å². The first-order chi connectivity index (χ1) is 8.19. The van der Waals surface area contributed by atoms with Crippen molar-refractivity contribution in [1.82, 2.24) is 0 Å². The van der Waals surface area contributed by atoms with Crippen molar-refractivity contribution in [3.8, 4) is 0 Å². The van der Waals surface area contributed by atoms with Crippen molar-refractivity contribution in [2.24, 2.45) is 11.8 Å². The van der Waals surface area contributed by atoms with Gasteiger partial charge in [0.25, 0.3) is 0 Å². The van der Waals surface area contributed by atoms with Gasteiger partial charge in [0.15, 0.2) is 0 Å². The molecule has 0 aromatic carbocycles. The molecule has 0 bridgehead atoms. The Morgan fingerprint density at radius 2 is 1.59 bits per heavy atom. The topological polar surface area (TPSA) is 9.23 Å². The largest absolute Gasteiger partial charge is 0.378 e. The van der Waals surface area contributed by atoms with Gasteiger partial charge in [0.2, 0.25) is 0 Å². The third-order valence-corrected chi connectivity index (χ3v) is 3.94. The molecule has 3 unspecified atom stereocenters. The lowest BCUT2D eigenvalue weighted by atomic mass is 9.97. The van der Waals surface area contributed by atoms with Gasteiger partial charge >= 0.3 is 0 Å². The Bertz CT molecular complexity index is 156. The minimum atomic E-state index is 0.487. The third kappa shape index (κ3) is 7.81. The summed E-state index contributed by atoms with van der Waals surface area (Å²) in [5.41, 5.74) is 0. The predicted molar refractivity (Wildman–Crippen MR) is 77.4 cm³/mol. The molecular formula is C16H34O. The molecule has 0 saturated heterocycles. The van der Waals surface area contributed by atoms with Gasteiger partial charge in [0.05, 0.1) is 6.10 Å². The smallest absolute Gasteiger partial charge is 0.0600 e. The van der Waals surface area contributed by atoms with Crippen molar-refractivity contribution in [3.05, 3.63) is 0 Å². The van der Waals surface area contributed by atoms with Crippen LogP contribution in [0.15, 0.2) is 0 Å². The van der Waals surface area contributed by atoms with Crippen LogP contribution in [0.1, 0.15) is 79.6 Å². The second-order valence-electron chi connectivity index (χ2n) is 5.46. The van der Waals surface area contributed by atoms with E-state index in [1.54, 1.807) is 0 Å². The van der Waals surface area contributed by atoms with Crippen molar-refractivity contribution in [2.75, 3.05) is 6.61 Å². The summed E-state index contributed by atoms with van der Waals surface area (Å²) < 4.78 is 6.19. The third-order valence-electron chi connectivity index (χ3n) is 3.94. The van der Waals surface area contributed by atoms with E-state index in [2.05, 4.69) is 34.6 Å². The zero-order valence-electron chi connectivity index (χ0n) is 12.8. The molecule has 1 heteroatoms. The second-order valence-corrected chi connectivity index (χ2v) is 5.46. The number of ether oxygens (including phenoxy) is 1. The second kappa shape index (κ2) is 11.1. The minimum Gasteiger partial charge on any atom is -0.378 e. The molecule has 0 aliphatic heterocycles. The molecule has 0 rings (SSSR count). The van der Waals surface area contributed by atoms with Crippen LogP contribution in [0.2, 0.25) is 0 Å². The van der Waals surface area contributed by atoms with Gasteiger partial charge in [0, 0.05) is 6.61 Å². The molecule has 0 heterocycles. The molecule has 0 N–H and O–H groups in total. The van der Waals surface area contributed by atoms with E-state index in [1.165, 1.54) is 44.9 Å². The highest BCUT2D eigenvalue weighted by Crippen LogP contribution is 2.20. The van der Waals surface area contributed by atoms with E-state index in [-0.39, 0.29) is 0 Å². The summed E-state index contributed by atoms with van der Waals surface area (Å²) in [5.74, 6) is 1.48. The summed E-state index contributed by atoms with van der Waals surface area (Å²) in [6.45, 7) is 12.4. The standard InChI is InChI=1S/C16H34O/c1-6-10-12-15(9-4)13-17-16(11-7-2)14(5)8-3/h14-16H,6-13H2,1-5H3. The van der Waals surface area contributed by atoms with Gasteiger partial charge < -0.3 is 4.74 Å². The minimum absolute atomic E-state index is 0.487. The van der Waals surface area contributed by atoms with Crippen molar-refractivity contribution in [3.63, 3.8) is 0 Å². The summed E-state index contributed by atoms with van der Waals surface area (Å²) >= 11 is 0. The summed E-state index contributed by atoms with van der Waals surface area (Å²) in [5, 5.41) is 0. The van der Waals surface area contributed by atoms with E-state index in [0.717, 1.165) is 12.5 Å². The molecule has 0 radical (unpaired) electrons. The fourth-order valence-electron chi connectivity index (χ4n) is 2.24. The molecule has 0 spiro atoms. The molecule has 104 valence electrons. The highest BCUT2D eigenvalue weighted by atomic mass is 16.5. The van der Waals surface area contributed by atoms with Crippen LogP contribution in [0.25, 0.3) is 0 Å². The zero-order valence-corrected chi connectivity index (χ0v) is 12.8. The fourth-order valence-corrected chi connectivity index (χ4v) is 2.24. The Morgan fingerprint density at radius 3 is 2.06 bits per heavy atom. The molecule has 1 nitrogen and oxygen atoms in total. The molecule has 0 aliphatic rings. The van der Waals surface area contributed by atoms with Crippen LogP contribution in [0, 0.1) is 11.8 Å². The van der Waals surface area contributed by atoms with E-state index in [1.807, 2.05) is 0 Å². The van der Waals surface area contributed by atoms with Crippen LogP contribution in [0.5, 0.6) is 0 Å². The molecule has 3 atom stereocenters. The number of rotatable bonds is 11. The quantitative estimate of drug-likeness (QED) is 0.469. The Kier molecular flexibility index (Phi) is 11.0. The Labute approximate surface area is 109 Å². The molecule has 0 aromatic heterocycles. The molecule has 17 heavy (non-hydrogen) atoms. The van der Waals surface area contributed by atoms with Crippen LogP contribution in [0.3, 0.4) is 0 Å². The average Bonchev–Trinajstić information content (AvgIpc) is 2.36. The Balaban J connectivity index is 3.98. The van der Waals surface area contributed by atoms with Crippen molar-refractivity contribution in [1.29, 1.82) is 0 Å². The lowest BCUT2D eigenvalue weighted by molar-refractivity contribution is -0.0108. The first-order valence-electron chi connectivity index (χ1n) is 7.80. The molecule has 0 saturated carbocycles. The van der Waals surface area contributed by atoms with E-state index in [4.69, 9.17) is 4.74 Å². The lowest BCUT2D eigenvalue weighted by Crippen LogP contribution is -2.24. The maximum Gasteiger partial charge on any atom is 0.0600 e. The van der Waals surface area contributed by atoms with Gasteiger partial charge in [-0.15, -0.1) is 0 Å². The summed E-state index contributed by atoms with van der Waals surface area (Å²) in [4.78, 5) is 0. The maximum atomic E-state index is 6.19. The highest BCUT2D eigenvalue weighted by Gasteiger charge is 2.17. The fraction of sp³-hybridized carbons (Fsp3) is 1.00. The van der Waals surface area contributed by atoms with Crippen LogP contribution in [0.4, 0.5) is 0 Å². The summed E-state index contributed by atoms with van der Waals surface area (Å²) in [6, 6.07) is 0. The predicted octanol–water partition coefficient (Wildman–Crippen LogP) is 5.43. The van der Waals surface area contributed by atoms with Gasteiger partial charge in [-0.2, -0.15) is 0 Å². The number of hydrogen-bond acceptors (Lipinski definition) is 1. The molecule has 0 aliphatic carbocycles. The van der Waals surface area contributed by atoms with Gasteiger partial charge in [0.1, 0.15) is 0 Å². The van der Waals surface area contributed by atoms with E-state index in [9.17, 15) is 0 Å². The average molecular weight is 242 g/mol. The summed E-state index contributed by atoms with van der Waals surface area (Å²) in [6.07, 6.45) is 9.44. The van der Waals surface area contributed by atoms with Crippen molar-refractivity contribution in [2.45, 2.75) is 85.7 Å². The van der Waals surface area contributed by atoms with Crippen LogP contribution >= 0.6 is 0 Å². The molecule has 0 aromatic rings. The number of unbranched alkanes of at least 4 members (excludes halogenated alkanes) is 1. The van der Waals surface area contributed by atoms with Crippen LogP contribution < -0.4 is 0 Å². The normalized spacial score (nSPS) is 16.8. The van der Waals surface area contributed by atoms with Gasteiger partial charge in [-0.1, -0.05) is 66.7 Å². The maximum absolute atomic E-state index is 6.19. The number of hydrogen-bond donors (Lipinski definition) is 0. The molecule has 0 amide bonds. The first-order valence-corrected chi connectivity index (χ1v) is 7.80. The van der Waals surface area contributed by atoms with Gasteiger partial charge in [-0.05, 0) is 24.7 Å². The van der Waals surface area contributed by atoms with Gasteiger partial charge in [-0.25, -0.2) is 0 Å². The summed E-state index contributed by atoms with van der Waals surface area (Å²) in [7, 11) is 0. The van der Waals surface area contributed by atoms with Gasteiger partial charge in [-0.3, -0.25) is 0 Å². The van der Waals surface area contributed by atoms with Crippen LogP contribution in [-0.2, 0) is 4.74 Å². The van der Waals surface area contributed by atoms with E-state index in [0.29, 0.717) is 12.0 Å². The zero-order chi connectivity index (χ0) is 13.1. The Morgan fingerprint density at radius 1 is 0.882 bits per heavy atom.